The summed E-state index contributed by atoms with van der Waals surface area (Å²) in [6.07, 6.45) is 1.27. The number of aryl methyl sites for hydroxylation is 2. The molecule has 0 atom stereocenters. The highest BCUT2D eigenvalue weighted by Crippen LogP contribution is 2.26. The molecular weight excluding hydrogens is 331 g/mol. The fraction of sp³-hybridized carbons (Fsp3) is 0.235. The second-order valence-electron chi connectivity index (χ2n) is 5.50. The Morgan fingerprint density at radius 3 is 2.58 bits per heavy atom. The highest BCUT2D eigenvalue weighted by Gasteiger charge is 2.22. The van der Waals surface area contributed by atoms with Crippen molar-refractivity contribution in [3.05, 3.63) is 53.6 Å². The van der Waals surface area contributed by atoms with Crippen molar-refractivity contribution in [3.63, 3.8) is 0 Å². The summed E-state index contributed by atoms with van der Waals surface area (Å²) in [5.41, 5.74) is 3.08. The Morgan fingerprint density at radius 1 is 1.17 bits per heavy atom. The summed E-state index contributed by atoms with van der Waals surface area (Å²) in [6.45, 7) is 5.79. The van der Waals surface area contributed by atoms with Gasteiger partial charge in [-0.2, -0.15) is 0 Å². The molecule has 0 bridgehead atoms. The summed E-state index contributed by atoms with van der Waals surface area (Å²) in [6, 6.07) is 7.13. The lowest BCUT2D eigenvalue weighted by molar-refractivity contribution is 0.320. The van der Waals surface area contributed by atoms with E-state index in [4.69, 9.17) is 4.74 Å². The largest absolute Gasteiger partial charge is 0.491 e. The van der Waals surface area contributed by atoms with Crippen LogP contribution in [-0.4, -0.2) is 24.0 Å². The Hall–Kier alpha value is -2.41. The monoisotopic (exact) mass is 348 g/mol. The zero-order chi connectivity index (χ0) is 17.5. The molecule has 5 nitrogen and oxygen atoms in total. The van der Waals surface area contributed by atoms with Crippen molar-refractivity contribution in [1.82, 2.24) is 8.96 Å². The Morgan fingerprint density at radius 2 is 1.88 bits per heavy atom. The number of halogens is 1. The fourth-order valence-electron chi connectivity index (χ4n) is 2.46. The van der Waals surface area contributed by atoms with Gasteiger partial charge in [-0.1, -0.05) is 0 Å². The summed E-state index contributed by atoms with van der Waals surface area (Å²) in [7, 11) is -3.90. The molecule has 24 heavy (non-hydrogen) atoms. The van der Waals surface area contributed by atoms with Crippen molar-refractivity contribution in [1.29, 1.82) is 0 Å². The molecule has 0 fully saturated rings. The molecule has 7 heteroatoms. The summed E-state index contributed by atoms with van der Waals surface area (Å²) >= 11 is 0. The van der Waals surface area contributed by atoms with Crippen LogP contribution in [0.15, 0.2) is 41.6 Å². The van der Waals surface area contributed by atoms with E-state index in [1.807, 2.05) is 19.9 Å². The van der Waals surface area contributed by atoms with E-state index in [9.17, 15) is 12.8 Å². The van der Waals surface area contributed by atoms with E-state index in [1.54, 1.807) is 13.0 Å². The number of rotatable bonds is 4. The summed E-state index contributed by atoms with van der Waals surface area (Å²) < 4.78 is 45.8. The molecule has 1 aromatic heterocycles. The van der Waals surface area contributed by atoms with E-state index >= 15 is 0 Å². The van der Waals surface area contributed by atoms with Crippen LogP contribution in [0.1, 0.15) is 18.1 Å². The number of ether oxygens (including phenoxy) is 1. The second kappa shape index (κ2) is 5.90. The average molecular weight is 348 g/mol. The van der Waals surface area contributed by atoms with E-state index in [-0.39, 0.29) is 17.3 Å². The summed E-state index contributed by atoms with van der Waals surface area (Å²) in [5, 5.41) is 0. The van der Waals surface area contributed by atoms with Gasteiger partial charge in [-0.25, -0.2) is 21.8 Å². The molecule has 1 heterocycles. The van der Waals surface area contributed by atoms with Crippen LogP contribution in [0.2, 0.25) is 0 Å². The molecule has 3 rings (SSSR count). The lowest BCUT2D eigenvalue weighted by atomic mass is 10.1. The van der Waals surface area contributed by atoms with Crippen LogP contribution in [0, 0.1) is 19.7 Å². The molecule has 0 unspecified atom stereocenters. The Balaban J connectivity index is 2.18. The smallest absolute Gasteiger partial charge is 0.269 e. The predicted octanol–water partition coefficient (Wildman–Crippen LogP) is 3.43. The lowest BCUT2D eigenvalue weighted by Crippen LogP contribution is -2.12. The van der Waals surface area contributed by atoms with Gasteiger partial charge < -0.3 is 4.74 Å². The maximum absolute atomic E-state index is 13.7. The molecule has 0 saturated heterocycles. The SMILES string of the molecule is CCOc1cc(S(=O)(=O)n2cnc3cc(C)c(C)cc32)ccc1F. The van der Waals surface area contributed by atoms with Crippen LogP contribution in [0.5, 0.6) is 5.75 Å². The van der Waals surface area contributed by atoms with Crippen molar-refractivity contribution in [2.24, 2.45) is 0 Å². The van der Waals surface area contributed by atoms with Crippen molar-refractivity contribution in [2.45, 2.75) is 25.7 Å². The van der Waals surface area contributed by atoms with E-state index in [2.05, 4.69) is 4.98 Å². The molecule has 0 aliphatic rings. The first-order valence-electron chi connectivity index (χ1n) is 7.47. The van der Waals surface area contributed by atoms with Crippen LogP contribution in [-0.2, 0) is 10.0 Å². The third-order valence-corrected chi connectivity index (χ3v) is 5.55. The zero-order valence-electron chi connectivity index (χ0n) is 13.6. The van der Waals surface area contributed by atoms with E-state index in [0.29, 0.717) is 11.0 Å². The first-order valence-corrected chi connectivity index (χ1v) is 8.91. The maximum Gasteiger partial charge on any atom is 0.269 e. The molecular formula is C17H17FN2O3S. The Kier molecular flexibility index (Phi) is 4.04. The van der Waals surface area contributed by atoms with Crippen molar-refractivity contribution in [3.8, 4) is 5.75 Å². The van der Waals surface area contributed by atoms with E-state index in [1.165, 1.54) is 18.5 Å². The van der Waals surface area contributed by atoms with Crippen LogP contribution >= 0.6 is 0 Å². The predicted molar refractivity (Wildman–Crippen MR) is 89.4 cm³/mol. The third kappa shape index (κ3) is 2.65. The van der Waals surface area contributed by atoms with Gasteiger partial charge in [0.25, 0.3) is 10.0 Å². The summed E-state index contributed by atoms with van der Waals surface area (Å²) in [4.78, 5) is 4.12. The topological polar surface area (TPSA) is 61.2 Å². The quantitative estimate of drug-likeness (QED) is 0.725. The van der Waals surface area contributed by atoms with E-state index in [0.717, 1.165) is 21.2 Å². The first kappa shape index (κ1) is 16.4. The second-order valence-corrected chi connectivity index (χ2v) is 7.31. The first-order chi connectivity index (χ1) is 11.3. The van der Waals surface area contributed by atoms with Gasteiger partial charge in [0.15, 0.2) is 11.6 Å². The van der Waals surface area contributed by atoms with Gasteiger partial charge in [0.05, 0.1) is 22.5 Å². The highest BCUT2D eigenvalue weighted by atomic mass is 32.2. The number of aromatic nitrogens is 2. The number of benzene rings is 2. The fourth-order valence-corrected chi connectivity index (χ4v) is 3.76. The van der Waals surface area contributed by atoms with Gasteiger partial charge in [-0.3, -0.25) is 0 Å². The lowest BCUT2D eigenvalue weighted by Gasteiger charge is -2.10. The van der Waals surface area contributed by atoms with Gasteiger partial charge >= 0.3 is 0 Å². The number of fused-ring (bicyclic) bond motifs is 1. The molecule has 0 aliphatic heterocycles. The van der Waals surface area contributed by atoms with Crippen molar-refractivity contribution >= 4 is 21.1 Å². The Bertz CT molecular complexity index is 1030. The average Bonchev–Trinajstić information content (AvgIpc) is 2.93. The molecule has 0 N–H and O–H groups in total. The van der Waals surface area contributed by atoms with Gasteiger partial charge in [0.2, 0.25) is 0 Å². The molecule has 0 spiro atoms. The zero-order valence-corrected chi connectivity index (χ0v) is 14.4. The van der Waals surface area contributed by atoms with Gasteiger partial charge in [-0.15, -0.1) is 0 Å². The molecule has 126 valence electrons. The van der Waals surface area contributed by atoms with Crippen LogP contribution < -0.4 is 4.74 Å². The molecule has 0 radical (unpaired) electrons. The number of hydrogen-bond acceptors (Lipinski definition) is 4. The minimum atomic E-state index is -3.90. The van der Waals surface area contributed by atoms with Crippen LogP contribution in [0.3, 0.4) is 0 Å². The Labute approximate surface area is 139 Å². The normalized spacial score (nSPS) is 11.8. The molecule has 0 saturated carbocycles. The molecule has 0 aliphatic carbocycles. The van der Waals surface area contributed by atoms with Gasteiger partial charge in [0, 0.05) is 6.07 Å². The minimum absolute atomic E-state index is 0.0510. The van der Waals surface area contributed by atoms with Gasteiger partial charge in [-0.05, 0) is 56.2 Å². The molecule has 3 aromatic rings. The highest BCUT2D eigenvalue weighted by molar-refractivity contribution is 7.90. The minimum Gasteiger partial charge on any atom is -0.491 e. The summed E-state index contributed by atoms with van der Waals surface area (Å²) in [5.74, 6) is -0.687. The third-order valence-electron chi connectivity index (χ3n) is 3.89. The van der Waals surface area contributed by atoms with Gasteiger partial charge in [0.1, 0.15) is 6.33 Å². The number of imidazole rings is 1. The van der Waals surface area contributed by atoms with Crippen molar-refractivity contribution in [2.75, 3.05) is 6.61 Å². The van der Waals surface area contributed by atoms with Crippen LogP contribution in [0.4, 0.5) is 4.39 Å². The molecule has 0 amide bonds. The number of hydrogen-bond donors (Lipinski definition) is 0. The number of nitrogens with zero attached hydrogens (tertiary/aromatic N) is 2. The standard InChI is InChI=1S/C17H17FN2O3S/c1-4-23-17-9-13(5-6-14(17)18)24(21,22)20-10-19-15-7-11(2)12(3)8-16(15)20/h5-10H,4H2,1-3H3. The van der Waals surface area contributed by atoms with E-state index < -0.39 is 15.8 Å². The molecule has 2 aromatic carbocycles. The van der Waals surface area contributed by atoms with Crippen molar-refractivity contribution < 1.29 is 17.5 Å². The maximum atomic E-state index is 13.7. The van der Waals surface area contributed by atoms with Crippen LogP contribution in [0.25, 0.3) is 11.0 Å².